The molecule has 3 unspecified atom stereocenters. The summed E-state index contributed by atoms with van der Waals surface area (Å²) in [5.41, 5.74) is 7.94. The Kier molecular flexibility index (Phi) is 4.98. The average molecular weight is 289 g/mol. The van der Waals surface area contributed by atoms with Crippen LogP contribution in [0.2, 0.25) is 0 Å². The molecule has 0 spiro atoms. The Balaban J connectivity index is 2.44. The quantitative estimate of drug-likeness (QED) is 0.870. The summed E-state index contributed by atoms with van der Waals surface area (Å²) in [5.74, 6) is 2.76. The van der Waals surface area contributed by atoms with Gasteiger partial charge in [0.25, 0.3) is 0 Å². The Morgan fingerprint density at radius 1 is 1.14 bits per heavy atom. The third-order valence-corrected chi connectivity index (χ3v) is 4.87. The molecule has 2 rings (SSSR count). The molecule has 3 atom stereocenters. The maximum absolute atomic E-state index is 7.01. The van der Waals surface area contributed by atoms with E-state index in [1.807, 2.05) is 6.07 Å². The topological polar surface area (TPSA) is 35.2 Å². The summed E-state index contributed by atoms with van der Waals surface area (Å²) in [6, 6.07) is 8.38. The summed E-state index contributed by atoms with van der Waals surface area (Å²) >= 11 is 0. The van der Waals surface area contributed by atoms with Crippen LogP contribution in [0.4, 0.5) is 0 Å². The molecule has 1 fully saturated rings. The van der Waals surface area contributed by atoms with Gasteiger partial charge in [0, 0.05) is 11.1 Å². The molecule has 1 aromatic rings. The number of hydrogen-bond donors (Lipinski definition) is 1. The first-order valence-corrected chi connectivity index (χ1v) is 8.39. The van der Waals surface area contributed by atoms with Gasteiger partial charge in [-0.2, -0.15) is 0 Å². The van der Waals surface area contributed by atoms with Gasteiger partial charge in [-0.25, -0.2) is 0 Å². The molecule has 0 aliphatic heterocycles. The van der Waals surface area contributed by atoms with Gasteiger partial charge in [-0.1, -0.05) is 45.4 Å². The zero-order valence-electron chi connectivity index (χ0n) is 14.2. The van der Waals surface area contributed by atoms with Crippen LogP contribution in [0.25, 0.3) is 0 Å². The molecule has 0 heterocycles. The molecular formula is C19H31NO. The summed E-state index contributed by atoms with van der Waals surface area (Å²) in [6.45, 7) is 11.1. The van der Waals surface area contributed by atoms with E-state index in [1.165, 1.54) is 18.4 Å². The number of hydrogen-bond acceptors (Lipinski definition) is 2. The van der Waals surface area contributed by atoms with E-state index in [4.69, 9.17) is 10.5 Å². The molecule has 1 aliphatic carbocycles. The molecule has 2 nitrogen and oxygen atoms in total. The molecule has 1 aliphatic rings. The summed E-state index contributed by atoms with van der Waals surface area (Å²) in [7, 11) is 0. The zero-order chi connectivity index (χ0) is 15.6. The Morgan fingerprint density at radius 3 is 2.43 bits per heavy atom. The third kappa shape index (κ3) is 3.42. The van der Waals surface area contributed by atoms with Gasteiger partial charge in [0.05, 0.1) is 6.10 Å². The zero-order valence-corrected chi connectivity index (χ0v) is 14.2. The highest BCUT2D eigenvalue weighted by Crippen LogP contribution is 2.47. The predicted molar refractivity (Wildman–Crippen MR) is 89.4 cm³/mol. The number of rotatable bonds is 4. The largest absolute Gasteiger partial charge is 0.491 e. The van der Waals surface area contributed by atoms with E-state index in [0.717, 1.165) is 12.2 Å². The van der Waals surface area contributed by atoms with Crippen LogP contribution >= 0.6 is 0 Å². The van der Waals surface area contributed by atoms with Crippen molar-refractivity contribution in [2.45, 2.75) is 65.5 Å². The molecular weight excluding hydrogens is 258 g/mol. The molecule has 1 saturated carbocycles. The minimum atomic E-state index is -0.267. The van der Waals surface area contributed by atoms with Gasteiger partial charge in [0.1, 0.15) is 5.75 Å². The lowest BCUT2D eigenvalue weighted by Crippen LogP contribution is -2.50. The van der Waals surface area contributed by atoms with Crippen molar-refractivity contribution in [3.8, 4) is 5.75 Å². The number of nitrogens with two attached hydrogens (primary N) is 1. The first kappa shape index (κ1) is 16.4. The fraction of sp³-hybridized carbons (Fsp3) is 0.684. The highest BCUT2D eigenvalue weighted by molar-refractivity contribution is 5.40. The number of ether oxygens (including phenoxy) is 1. The van der Waals surface area contributed by atoms with E-state index in [0.29, 0.717) is 17.8 Å². The van der Waals surface area contributed by atoms with Crippen LogP contribution in [0.5, 0.6) is 5.75 Å². The van der Waals surface area contributed by atoms with E-state index in [9.17, 15) is 0 Å². The second-order valence-electron chi connectivity index (χ2n) is 7.44. The molecule has 0 saturated heterocycles. The molecule has 0 amide bonds. The van der Waals surface area contributed by atoms with Crippen molar-refractivity contribution in [3.63, 3.8) is 0 Å². The van der Waals surface area contributed by atoms with Gasteiger partial charge in [-0.05, 0) is 50.5 Å². The second-order valence-corrected chi connectivity index (χ2v) is 7.44. The fourth-order valence-electron chi connectivity index (χ4n) is 4.00. The van der Waals surface area contributed by atoms with Crippen molar-refractivity contribution in [1.29, 1.82) is 0 Å². The van der Waals surface area contributed by atoms with Crippen LogP contribution in [-0.2, 0) is 5.54 Å². The van der Waals surface area contributed by atoms with Crippen molar-refractivity contribution < 1.29 is 4.74 Å². The van der Waals surface area contributed by atoms with Crippen LogP contribution in [0.3, 0.4) is 0 Å². The monoisotopic (exact) mass is 289 g/mol. The smallest absolute Gasteiger partial charge is 0.124 e. The van der Waals surface area contributed by atoms with E-state index >= 15 is 0 Å². The average Bonchev–Trinajstić information content (AvgIpc) is 2.37. The summed E-state index contributed by atoms with van der Waals surface area (Å²) < 4.78 is 6.05. The Hall–Kier alpha value is -1.02. The Bertz CT molecular complexity index is 468. The first-order chi connectivity index (χ1) is 9.84. The lowest BCUT2D eigenvalue weighted by Gasteiger charge is -2.46. The van der Waals surface area contributed by atoms with Crippen LogP contribution in [0, 0.1) is 17.8 Å². The minimum Gasteiger partial charge on any atom is -0.491 e. The van der Waals surface area contributed by atoms with Crippen LogP contribution in [-0.4, -0.2) is 6.10 Å². The SMILES string of the molecule is CC1CCC(C(C)C)C(N)(c2ccccc2OC(C)C)C1. The van der Waals surface area contributed by atoms with Crippen molar-refractivity contribution in [1.82, 2.24) is 0 Å². The second kappa shape index (κ2) is 6.39. The normalized spacial score (nSPS) is 29.9. The third-order valence-electron chi connectivity index (χ3n) is 4.87. The highest BCUT2D eigenvalue weighted by atomic mass is 16.5. The molecule has 0 aromatic heterocycles. The maximum atomic E-state index is 7.01. The van der Waals surface area contributed by atoms with Crippen LogP contribution in [0.15, 0.2) is 24.3 Å². The van der Waals surface area contributed by atoms with Gasteiger partial charge in [-0.3, -0.25) is 0 Å². The fourth-order valence-corrected chi connectivity index (χ4v) is 4.00. The summed E-state index contributed by atoms with van der Waals surface area (Å²) in [4.78, 5) is 0. The van der Waals surface area contributed by atoms with Gasteiger partial charge in [-0.15, -0.1) is 0 Å². The predicted octanol–water partition coefficient (Wildman–Crippen LogP) is 4.72. The molecule has 0 bridgehead atoms. The summed E-state index contributed by atoms with van der Waals surface area (Å²) in [5, 5.41) is 0. The van der Waals surface area contributed by atoms with Gasteiger partial charge >= 0.3 is 0 Å². The standard InChI is InChI=1S/C19H31NO/c1-13(2)16-11-10-15(5)12-19(16,20)17-8-6-7-9-18(17)21-14(3)4/h6-9,13-16H,10-12,20H2,1-5H3. The summed E-state index contributed by atoms with van der Waals surface area (Å²) in [6.07, 6.45) is 3.72. The van der Waals surface area contributed by atoms with Crippen molar-refractivity contribution in [3.05, 3.63) is 29.8 Å². The van der Waals surface area contributed by atoms with Crippen molar-refractivity contribution >= 4 is 0 Å². The first-order valence-electron chi connectivity index (χ1n) is 8.39. The number of benzene rings is 1. The molecule has 1 aromatic carbocycles. The molecule has 0 radical (unpaired) electrons. The van der Waals surface area contributed by atoms with Gasteiger partial charge < -0.3 is 10.5 Å². The molecule has 2 heteroatoms. The molecule has 2 N–H and O–H groups in total. The van der Waals surface area contributed by atoms with Crippen LogP contribution in [0.1, 0.15) is 59.4 Å². The lowest BCUT2D eigenvalue weighted by atomic mass is 9.62. The lowest BCUT2D eigenvalue weighted by molar-refractivity contribution is 0.103. The van der Waals surface area contributed by atoms with E-state index in [2.05, 4.69) is 52.8 Å². The molecule has 21 heavy (non-hydrogen) atoms. The molecule has 118 valence electrons. The van der Waals surface area contributed by atoms with E-state index in [1.54, 1.807) is 0 Å². The Morgan fingerprint density at radius 2 is 1.81 bits per heavy atom. The highest BCUT2D eigenvalue weighted by Gasteiger charge is 2.43. The number of para-hydroxylation sites is 1. The van der Waals surface area contributed by atoms with Crippen molar-refractivity contribution in [2.75, 3.05) is 0 Å². The van der Waals surface area contributed by atoms with Crippen molar-refractivity contribution in [2.24, 2.45) is 23.5 Å². The Labute approximate surface area is 130 Å². The maximum Gasteiger partial charge on any atom is 0.124 e. The van der Waals surface area contributed by atoms with E-state index in [-0.39, 0.29) is 11.6 Å². The van der Waals surface area contributed by atoms with Gasteiger partial charge in [0.15, 0.2) is 0 Å². The van der Waals surface area contributed by atoms with Crippen LogP contribution < -0.4 is 10.5 Å². The van der Waals surface area contributed by atoms with Gasteiger partial charge in [0.2, 0.25) is 0 Å². The minimum absolute atomic E-state index is 0.174. The van der Waals surface area contributed by atoms with E-state index < -0.39 is 0 Å².